The average Bonchev–Trinajstić information content (AvgIpc) is 3.32. The molecule has 2 heterocycles. The summed E-state index contributed by atoms with van der Waals surface area (Å²) in [7, 11) is 0. The van der Waals surface area contributed by atoms with E-state index in [1.807, 2.05) is 26.8 Å². The van der Waals surface area contributed by atoms with Crippen molar-refractivity contribution >= 4 is 23.4 Å². The molecule has 1 aromatic heterocycles. The highest BCUT2D eigenvalue weighted by Crippen LogP contribution is 2.81. The normalized spacial score (nSPS) is 45.2. The number of nitrogens with zero attached hydrogens (tertiary/aromatic N) is 1. The number of furan rings is 1. The average molecular weight is 552 g/mol. The number of epoxide rings is 1. The number of rotatable bonds is 5. The quantitative estimate of drug-likeness (QED) is 0.198. The number of esters is 1. The zero-order valence-corrected chi connectivity index (χ0v) is 24.6. The van der Waals surface area contributed by atoms with E-state index in [0.717, 1.165) is 18.4 Å². The van der Waals surface area contributed by atoms with E-state index in [1.165, 1.54) is 6.92 Å². The second-order valence-electron chi connectivity index (χ2n) is 13.9. The van der Waals surface area contributed by atoms with Gasteiger partial charge in [0.1, 0.15) is 17.8 Å². The Labute approximate surface area is 235 Å². The van der Waals surface area contributed by atoms with Crippen LogP contribution < -0.4 is 0 Å². The maximum absolute atomic E-state index is 13.1. The number of oxime groups is 1. The van der Waals surface area contributed by atoms with Gasteiger partial charge >= 0.3 is 11.9 Å². The van der Waals surface area contributed by atoms with Crippen LogP contribution in [0, 0.1) is 33.5 Å². The van der Waals surface area contributed by atoms with Crippen molar-refractivity contribution < 1.29 is 33.1 Å². The van der Waals surface area contributed by atoms with Crippen molar-refractivity contribution in [2.75, 3.05) is 0 Å². The summed E-state index contributed by atoms with van der Waals surface area (Å²) in [5, 5.41) is 4.49. The van der Waals surface area contributed by atoms with Crippen LogP contribution in [0.1, 0.15) is 92.1 Å². The molecule has 0 N–H and O–H groups in total. The lowest BCUT2D eigenvalue weighted by Crippen LogP contribution is -2.70. The van der Waals surface area contributed by atoms with Gasteiger partial charge in [-0.2, -0.15) is 0 Å². The van der Waals surface area contributed by atoms with E-state index in [9.17, 15) is 14.4 Å². The number of allylic oxidation sites excluding steroid dienone is 2. The number of carbonyl (C=O) groups excluding carboxylic acids is 3. The molecule has 1 aliphatic heterocycles. The minimum absolute atomic E-state index is 0.00657. The van der Waals surface area contributed by atoms with Crippen molar-refractivity contribution in [3.8, 4) is 0 Å². The van der Waals surface area contributed by atoms with Gasteiger partial charge in [-0.25, -0.2) is 4.79 Å². The number of ether oxygens (including phenoxy) is 2. The number of ketones is 1. The van der Waals surface area contributed by atoms with Gasteiger partial charge in [-0.1, -0.05) is 52.8 Å². The molecule has 216 valence electrons. The largest absolute Gasteiger partial charge is 0.472 e. The van der Waals surface area contributed by atoms with E-state index >= 15 is 0 Å². The van der Waals surface area contributed by atoms with E-state index in [2.05, 4.69) is 32.0 Å². The molecule has 4 aliphatic carbocycles. The van der Waals surface area contributed by atoms with Crippen molar-refractivity contribution in [2.45, 2.75) is 104 Å². The first-order valence-electron chi connectivity index (χ1n) is 14.7. The van der Waals surface area contributed by atoms with Crippen LogP contribution in [0.5, 0.6) is 0 Å². The third kappa shape index (κ3) is 3.23. The molecular weight excluding hydrogens is 510 g/mol. The molecule has 0 unspecified atom stereocenters. The Morgan fingerprint density at radius 3 is 2.55 bits per heavy atom. The SMILES string of the molecule is CCCC(=O)O/N=C1/[C@H]2O[C@]23[C@@]2(C)[C@H](CC[C@@]3(C)[C@@H]1c1ccoc1)[C@@]1(C)C=CC(=O)C(C)(C)[C@@H]1C[C@H]2OC(C)=O. The Morgan fingerprint density at radius 2 is 1.90 bits per heavy atom. The predicted octanol–water partition coefficient (Wildman–Crippen LogP) is 5.76. The van der Waals surface area contributed by atoms with E-state index in [-0.39, 0.29) is 53.4 Å². The second kappa shape index (κ2) is 8.63. The highest BCUT2D eigenvalue weighted by atomic mass is 16.7. The fraction of sp³-hybridized carbons (Fsp3) is 0.688. The number of hydrogen-bond acceptors (Lipinski definition) is 8. The summed E-state index contributed by atoms with van der Waals surface area (Å²) in [6, 6.07) is 1.95. The number of fused-ring (bicyclic) bond motifs is 3. The molecule has 0 radical (unpaired) electrons. The van der Waals surface area contributed by atoms with Gasteiger partial charge in [-0.05, 0) is 60.6 Å². The fourth-order valence-corrected chi connectivity index (χ4v) is 10.0. The molecule has 0 bridgehead atoms. The highest BCUT2D eigenvalue weighted by molar-refractivity contribution is 6.03. The van der Waals surface area contributed by atoms with Crippen molar-refractivity contribution in [1.29, 1.82) is 0 Å². The van der Waals surface area contributed by atoms with E-state index < -0.39 is 27.9 Å². The molecule has 1 saturated heterocycles. The molecule has 1 aromatic rings. The van der Waals surface area contributed by atoms with Crippen molar-refractivity contribution in [3.05, 3.63) is 36.3 Å². The Hall–Kier alpha value is -2.74. The summed E-state index contributed by atoms with van der Waals surface area (Å²) in [5.41, 5.74) is -0.927. The lowest BCUT2D eigenvalue weighted by atomic mass is 9.36. The van der Waals surface area contributed by atoms with Gasteiger partial charge in [0.25, 0.3) is 0 Å². The molecule has 9 atom stereocenters. The summed E-state index contributed by atoms with van der Waals surface area (Å²) in [6.45, 7) is 14.2. The first kappa shape index (κ1) is 27.4. The zero-order valence-electron chi connectivity index (χ0n) is 24.6. The Balaban J connectivity index is 1.52. The van der Waals surface area contributed by atoms with E-state index in [0.29, 0.717) is 18.6 Å². The fourth-order valence-electron chi connectivity index (χ4n) is 10.0. The summed E-state index contributed by atoms with van der Waals surface area (Å²) >= 11 is 0. The Morgan fingerprint density at radius 1 is 1.15 bits per heavy atom. The van der Waals surface area contributed by atoms with Crippen LogP contribution in [-0.2, 0) is 28.7 Å². The van der Waals surface area contributed by atoms with Crippen LogP contribution in [0.25, 0.3) is 0 Å². The molecule has 3 saturated carbocycles. The monoisotopic (exact) mass is 551 g/mol. The maximum Gasteiger partial charge on any atom is 0.335 e. The van der Waals surface area contributed by atoms with Crippen molar-refractivity contribution in [3.63, 3.8) is 0 Å². The number of carbonyl (C=O) groups is 3. The first-order chi connectivity index (χ1) is 18.8. The third-order valence-corrected chi connectivity index (χ3v) is 11.8. The topological polar surface area (TPSA) is 108 Å². The smallest absolute Gasteiger partial charge is 0.335 e. The van der Waals surface area contributed by atoms with Crippen LogP contribution >= 0.6 is 0 Å². The maximum atomic E-state index is 13.1. The standard InChI is InChI=1S/C32H41NO7/c1-8-9-24(36)40-33-26-25(19-12-15-37-17-19)30(6)14-10-20-29(5)13-11-22(35)28(3,4)21(29)16-23(38-18(2)34)31(20,7)32(30)27(26)39-32/h11-13,15,17,20-21,23,25,27H,8-10,14,16H2,1-7H3/b33-26+/t20-,21+,23-,25-,27-,29-,30+,31+,32-/m1/s1. The van der Waals surface area contributed by atoms with Crippen LogP contribution in [0.2, 0.25) is 0 Å². The molecule has 0 aromatic carbocycles. The minimum Gasteiger partial charge on any atom is -0.472 e. The lowest BCUT2D eigenvalue weighted by molar-refractivity contribution is -0.231. The van der Waals surface area contributed by atoms with E-state index in [1.54, 1.807) is 18.6 Å². The van der Waals surface area contributed by atoms with E-state index in [4.69, 9.17) is 18.7 Å². The summed E-state index contributed by atoms with van der Waals surface area (Å²) in [5.74, 6) is -0.685. The summed E-state index contributed by atoms with van der Waals surface area (Å²) in [4.78, 5) is 43.5. The number of hydrogen-bond donors (Lipinski definition) is 0. The molecule has 8 heteroatoms. The van der Waals surface area contributed by atoms with Gasteiger partial charge in [0.15, 0.2) is 5.78 Å². The zero-order chi connectivity index (χ0) is 28.9. The predicted molar refractivity (Wildman–Crippen MR) is 146 cm³/mol. The molecular formula is C32H41NO7. The molecule has 6 rings (SSSR count). The second-order valence-corrected chi connectivity index (χ2v) is 13.9. The molecule has 1 spiro atoms. The van der Waals surface area contributed by atoms with Crippen LogP contribution in [0.15, 0.2) is 40.3 Å². The molecule has 4 fully saturated rings. The Kier molecular flexibility index (Phi) is 5.92. The summed E-state index contributed by atoms with van der Waals surface area (Å²) in [6.07, 6.45) is 9.66. The Bertz CT molecular complexity index is 1310. The lowest BCUT2D eigenvalue weighted by Gasteiger charge is -2.67. The van der Waals surface area contributed by atoms with Crippen molar-refractivity contribution in [1.82, 2.24) is 0 Å². The van der Waals surface area contributed by atoms with Crippen LogP contribution in [-0.4, -0.2) is 41.2 Å². The van der Waals surface area contributed by atoms with Gasteiger partial charge in [0.2, 0.25) is 0 Å². The van der Waals surface area contributed by atoms with Crippen LogP contribution in [0.3, 0.4) is 0 Å². The van der Waals surface area contributed by atoms with Crippen LogP contribution in [0.4, 0.5) is 0 Å². The minimum atomic E-state index is -0.700. The molecule has 5 aliphatic rings. The molecule has 40 heavy (non-hydrogen) atoms. The summed E-state index contributed by atoms with van der Waals surface area (Å²) < 4.78 is 18.6. The van der Waals surface area contributed by atoms with Gasteiger partial charge < -0.3 is 18.7 Å². The van der Waals surface area contributed by atoms with Gasteiger partial charge in [-0.3, -0.25) is 9.59 Å². The van der Waals surface area contributed by atoms with Gasteiger partial charge in [-0.15, -0.1) is 0 Å². The van der Waals surface area contributed by atoms with Crippen molar-refractivity contribution in [2.24, 2.45) is 38.7 Å². The van der Waals surface area contributed by atoms with Gasteiger partial charge in [0.05, 0.1) is 18.2 Å². The highest BCUT2D eigenvalue weighted by Gasteiger charge is 2.89. The third-order valence-electron chi connectivity index (χ3n) is 11.8. The van der Waals surface area contributed by atoms with Gasteiger partial charge in [0, 0.05) is 35.5 Å². The molecule has 0 amide bonds. The molecule has 8 nitrogen and oxygen atoms in total. The first-order valence-corrected chi connectivity index (χ1v) is 14.7.